The fraction of sp³-hybridized carbons (Fsp3) is 0.571. The van der Waals surface area contributed by atoms with Crippen LogP contribution < -0.4 is 5.32 Å². The molecule has 4 heterocycles. The zero-order valence-corrected chi connectivity index (χ0v) is 15.1. The molecule has 11 heteroatoms. The molecule has 0 unspecified atom stereocenters. The normalized spacial score (nSPS) is 30.6. The second-order valence-electron chi connectivity index (χ2n) is 6.23. The van der Waals surface area contributed by atoms with Crippen molar-refractivity contribution in [1.29, 1.82) is 0 Å². The van der Waals surface area contributed by atoms with Crippen molar-refractivity contribution in [2.75, 3.05) is 7.05 Å². The molecular weight excluding hydrogens is 373 g/mol. The minimum atomic E-state index is -0.843. The Bertz CT molecular complexity index is 857. The van der Waals surface area contributed by atoms with E-state index in [1.165, 1.54) is 13.4 Å². The van der Waals surface area contributed by atoms with E-state index in [4.69, 9.17) is 37.4 Å². The summed E-state index contributed by atoms with van der Waals surface area (Å²) in [5, 5.41) is 2.70. The van der Waals surface area contributed by atoms with Crippen molar-refractivity contribution in [3.8, 4) is 0 Å². The van der Waals surface area contributed by atoms with Gasteiger partial charge in [-0.15, -0.1) is 0 Å². The van der Waals surface area contributed by atoms with Crippen molar-refractivity contribution in [3.63, 3.8) is 0 Å². The van der Waals surface area contributed by atoms with Gasteiger partial charge in [0.05, 0.1) is 6.33 Å². The number of carbonyl (C=O) groups is 1. The van der Waals surface area contributed by atoms with Crippen LogP contribution in [0.2, 0.25) is 10.4 Å². The first-order chi connectivity index (χ1) is 11.8. The molecule has 2 aromatic rings. The number of aromatic nitrogens is 4. The van der Waals surface area contributed by atoms with Gasteiger partial charge in [-0.3, -0.25) is 9.36 Å². The minimum Gasteiger partial charge on any atom is -0.357 e. The SMILES string of the molecule is CNC(=O)[C@H]1O[C@@H](n2cnc3c(Cl)nc(Cl)nc32)[C@@H]2OC(C)(C)O[C@@H]21. The van der Waals surface area contributed by atoms with E-state index in [-0.39, 0.29) is 16.3 Å². The van der Waals surface area contributed by atoms with Crippen molar-refractivity contribution < 1.29 is 19.0 Å². The highest BCUT2D eigenvalue weighted by Crippen LogP contribution is 2.44. The van der Waals surface area contributed by atoms with Gasteiger partial charge in [0.1, 0.15) is 17.7 Å². The number of hydrogen-bond donors (Lipinski definition) is 1. The molecule has 0 radical (unpaired) electrons. The second kappa shape index (κ2) is 5.75. The Morgan fingerprint density at radius 3 is 2.72 bits per heavy atom. The van der Waals surface area contributed by atoms with E-state index in [1.54, 1.807) is 18.4 Å². The van der Waals surface area contributed by atoms with E-state index in [9.17, 15) is 4.79 Å². The molecule has 1 amide bonds. The molecule has 0 aliphatic carbocycles. The summed E-state index contributed by atoms with van der Waals surface area (Å²) >= 11 is 12.0. The van der Waals surface area contributed by atoms with E-state index in [0.717, 1.165) is 0 Å². The van der Waals surface area contributed by atoms with E-state index in [1.807, 2.05) is 0 Å². The summed E-state index contributed by atoms with van der Waals surface area (Å²) in [5.74, 6) is -1.14. The summed E-state index contributed by atoms with van der Waals surface area (Å²) in [6.07, 6.45) is -1.09. The van der Waals surface area contributed by atoms with Crippen LogP contribution in [0.5, 0.6) is 0 Å². The summed E-state index contributed by atoms with van der Waals surface area (Å²) in [4.78, 5) is 24.5. The molecule has 2 aliphatic rings. The molecule has 4 atom stereocenters. The number of halogens is 2. The predicted octanol–water partition coefficient (Wildman–Crippen LogP) is 1.30. The average Bonchev–Trinajstić information content (AvgIpc) is 3.17. The molecule has 0 aromatic carbocycles. The average molecular weight is 388 g/mol. The highest BCUT2D eigenvalue weighted by Gasteiger charge is 2.58. The number of carbonyl (C=O) groups excluding carboxylic acids is 1. The molecular formula is C14H15Cl2N5O4. The van der Waals surface area contributed by atoms with E-state index in [2.05, 4.69) is 20.3 Å². The Labute approximate surface area is 152 Å². The number of nitrogens with one attached hydrogen (secondary N) is 1. The fourth-order valence-electron chi connectivity index (χ4n) is 3.20. The van der Waals surface area contributed by atoms with Crippen LogP contribution in [0.4, 0.5) is 0 Å². The second-order valence-corrected chi connectivity index (χ2v) is 6.93. The molecule has 1 N–H and O–H groups in total. The molecule has 2 aliphatic heterocycles. The van der Waals surface area contributed by atoms with Crippen molar-refractivity contribution >= 4 is 40.3 Å². The number of likely N-dealkylation sites (N-methyl/N-ethyl adjacent to an activating group) is 1. The topological polar surface area (TPSA) is 100 Å². The quantitative estimate of drug-likeness (QED) is 0.611. The van der Waals surface area contributed by atoms with Crippen LogP contribution in [0.3, 0.4) is 0 Å². The van der Waals surface area contributed by atoms with E-state index in [0.29, 0.717) is 11.2 Å². The molecule has 0 bridgehead atoms. The van der Waals surface area contributed by atoms with Crippen LogP contribution in [0.1, 0.15) is 20.1 Å². The molecule has 134 valence electrons. The van der Waals surface area contributed by atoms with Crippen molar-refractivity contribution in [3.05, 3.63) is 16.8 Å². The van der Waals surface area contributed by atoms with Gasteiger partial charge in [-0.1, -0.05) is 11.6 Å². The molecule has 0 saturated carbocycles. The predicted molar refractivity (Wildman–Crippen MR) is 87.1 cm³/mol. The van der Waals surface area contributed by atoms with Crippen molar-refractivity contribution in [1.82, 2.24) is 24.8 Å². The first-order valence-electron chi connectivity index (χ1n) is 7.59. The number of fused-ring (bicyclic) bond motifs is 2. The lowest BCUT2D eigenvalue weighted by atomic mass is 10.1. The Balaban J connectivity index is 1.79. The van der Waals surface area contributed by atoms with Crippen molar-refractivity contribution in [2.45, 2.75) is 44.2 Å². The van der Waals surface area contributed by atoms with Crippen molar-refractivity contribution in [2.24, 2.45) is 0 Å². The molecule has 25 heavy (non-hydrogen) atoms. The van der Waals surface area contributed by atoms with Gasteiger partial charge in [0.15, 0.2) is 28.9 Å². The Hall–Kier alpha value is -1.52. The molecule has 9 nitrogen and oxygen atoms in total. The smallest absolute Gasteiger partial charge is 0.251 e. The van der Waals surface area contributed by atoms with Crippen LogP contribution in [0.15, 0.2) is 6.33 Å². The maximum atomic E-state index is 12.2. The van der Waals surface area contributed by atoms with Crippen LogP contribution in [0.25, 0.3) is 11.2 Å². The third kappa shape index (κ3) is 2.67. The molecule has 2 saturated heterocycles. The van der Waals surface area contributed by atoms with Crippen LogP contribution in [-0.4, -0.2) is 56.6 Å². The zero-order valence-electron chi connectivity index (χ0n) is 13.6. The number of hydrogen-bond acceptors (Lipinski definition) is 7. The minimum absolute atomic E-state index is 0.0134. The maximum Gasteiger partial charge on any atom is 0.251 e. The largest absolute Gasteiger partial charge is 0.357 e. The summed E-state index contributed by atoms with van der Waals surface area (Å²) in [5.41, 5.74) is 0.771. The van der Waals surface area contributed by atoms with Gasteiger partial charge in [-0.2, -0.15) is 4.98 Å². The third-order valence-corrected chi connectivity index (χ3v) is 4.59. The fourth-order valence-corrected chi connectivity index (χ4v) is 3.62. The summed E-state index contributed by atoms with van der Waals surface area (Å²) in [6.45, 7) is 3.57. The highest BCUT2D eigenvalue weighted by atomic mass is 35.5. The van der Waals surface area contributed by atoms with Gasteiger partial charge >= 0.3 is 0 Å². The first kappa shape index (κ1) is 16.9. The van der Waals surface area contributed by atoms with E-state index < -0.39 is 30.3 Å². The van der Waals surface area contributed by atoms with Gasteiger partial charge in [-0.25, -0.2) is 9.97 Å². The zero-order chi connectivity index (χ0) is 17.9. The van der Waals surface area contributed by atoms with Gasteiger partial charge in [-0.05, 0) is 25.4 Å². The van der Waals surface area contributed by atoms with Gasteiger partial charge in [0.25, 0.3) is 5.91 Å². The lowest BCUT2D eigenvalue weighted by Gasteiger charge is -2.24. The van der Waals surface area contributed by atoms with E-state index >= 15 is 0 Å². The summed E-state index contributed by atoms with van der Waals surface area (Å²) < 4.78 is 19.4. The first-order valence-corrected chi connectivity index (χ1v) is 8.34. The monoisotopic (exact) mass is 387 g/mol. The van der Waals surface area contributed by atoms with Gasteiger partial charge < -0.3 is 19.5 Å². The molecule has 2 fully saturated rings. The Morgan fingerprint density at radius 2 is 2.00 bits per heavy atom. The number of nitrogens with zero attached hydrogens (tertiary/aromatic N) is 4. The number of imidazole rings is 1. The Kier molecular flexibility index (Phi) is 3.89. The lowest BCUT2D eigenvalue weighted by molar-refractivity contribution is -0.197. The number of ether oxygens (including phenoxy) is 3. The number of amides is 1. The number of rotatable bonds is 2. The summed E-state index contributed by atoms with van der Waals surface area (Å²) in [6, 6.07) is 0. The molecule has 2 aromatic heterocycles. The van der Waals surface area contributed by atoms with Crippen LogP contribution in [0, 0.1) is 0 Å². The van der Waals surface area contributed by atoms with Crippen LogP contribution in [-0.2, 0) is 19.0 Å². The lowest BCUT2D eigenvalue weighted by Crippen LogP contribution is -2.41. The molecule has 0 spiro atoms. The van der Waals surface area contributed by atoms with Gasteiger partial charge in [0.2, 0.25) is 5.28 Å². The van der Waals surface area contributed by atoms with Crippen LogP contribution >= 0.6 is 23.2 Å². The highest BCUT2D eigenvalue weighted by molar-refractivity contribution is 6.35. The standard InChI is InChI=1S/C14H15Cl2N5O4/c1-14(2)24-6-7(11(22)17-3)23-12(8(6)25-14)21-4-18-5-9(15)19-13(16)20-10(5)21/h4,6-8,12H,1-3H3,(H,17,22)/t6-,7+,8-,12-/m1/s1. The summed E-state index contributed by atoms with van der Waals surface area (Å²) in [7, 11) is 1.54. The molecule has 4 rings (SSSR count). The van der Waals surface area contributed by atoms with Gasteiger partial charge in [0, 0.05) is 7.05 Å². The Morgan fingerprint density at radius 1 is 1.28 bits per heavy atom. The third-order valence-electron chi connectivity index (χ3n) is 4.16. The maximum absolute atomic E-state index is 12.2.